The molecule has 0 aliphatic heterocycles. The van der Waals surface area contributed by atoms with Gasteiger partial charge in [0.15, 0.2) is 0 Å². The van der Waals surface area contributed by atoms with Crippen molar-refractivity contribution < 1.29 is 19.5 Å². The van der Waals surface area contributed by atoms with Gasteiger partial charge >= 0.3 is 5.97 Å². The predicted octanol–water partition coefficient (Wildman–Crippen LogP) is -0.839. The number of H-pyrrole nitrogens is 1. The topological polar surface area (TPSA) is 151 Å². The Labute approximate surface area is 115 Å². The van der Waals surface area contributed by atoms with Crippen LogP contribution in [-0.2, 0) is 15.0 Å². The molecule has 1 aromatic heterocycles. The van der Waals surface area contributed by atoms with E-state index >= 15 is 0 Å². The van der Waals surface area contributed by atoms with Gasteiger partial charge in [-0.1, -0.05) is 20.8 Å². The van der Waals surface area contributed by atoms with E-state index in [4.69, 9.17) is 10.8 Å². The van der Waals surface area contributed by atoms with Crippen LogP contribution in [0.25, 0.3) is 0 Å². The Kier molecular flexibility index (Phi) is 4.43. The normalized spacial score (nSPS) is 12.8. The lowest BCUT2D eigenvalue weighted by Gasteiger charge is -2.13. The Morgan fingerprint density at radius 3 is 2.40 bits per heavy atom. The van der Waals surface area contributed by atoms with Crippen molar-refractivity contribution in [2.45, 2.75) is 38.6 Å². The van der Waals surface area contributed by atoms with Crippen molar-refractivity contribution in [3.8, 4) is 0 Å². The molecular weight excluding hydrogens is 266 g/mol. The molecule has 0 radical (unpaired) electrons. The van der Waals surface area contributed by atoms with Crippen LogP contribution in [0.4, 0.5) is 0 Å². The van der Waals surface area contributed by atoms with Crippen LogP contribution in [0.5, 0.6) is 0 Å². The number of hydrogen-bond donors (Lipinski definition) is 4. The van der Waals surface area contributed by atoms with Gasteiger partial charge in [0.05, 0.1) is 6.42 Å². The highest BCUT2D eigenvalue weighted by atomic mass is 16.4. The highest BCUT2D eigenvalue weighted by Crippen LogP contribution is 2.17. The van der Waals surface area contributed by atoms with Gasteiger partial charge in [-0.15, -0.1) is 5.10 Å². The summed E-state index contributed by atoms with van der Waals surface area (Å²) in [6, 6.07) is -1.41. The van der Waals surface area contributed by atoms with Crippen LogP contribution in [0.1, 0.15) is 43.6 Å². The fourth-order valence-corrected chi connectivity index (χ4v) is 1.32. The lowest BCUT2D eigenvalue weighted by molar-refractivity contribution is -0.140. The second-order valence-corrected chi connectivity index (χ2v) is 5.29. The van der Waals surface area contributed by atoms with Crippen molar-refractivity contribution in [2.75, 3.05) is 0 Å². The minimum Gasteiger partial charge on any atom is -0.480 e. The number of aliphatic carboxylic acids is 1. The summed E-state index contributed by atoms with van der Waals surface area (Å²) in [6.07, 6.45) is -0.502. The number of carbonyl (C=O) groups is 3. The molecule has 1 heterocycles. The van der Waals surface area contributed by atoms with Crippen molar-refractivity contribution in [1.82, 2.24) is 20.5 Å². The Bertz CT molecular complexity index is 531. The number of aromatic amines is 1. The van der Waals surface area contributed by atoms with E-state index in [2.05, 4.69) is 20.5 Å². The molecule has 0 unspecified atom stereocenters. The lowest BCUT2D eigenvalue weighted by Crippen LogP contribution is -2.43. The molecule has 0 fully saturated rings. The average Bonchev–Trinajstić information content (AvgIpc) is 2.75. The number of hydrogen-bond acceptors (Lipinski definition) is 5. The summed E-state index contributed by atoms with van der Waals surface area (Å²) >= 11 is 0. The highest BCUT2D eigenvalue weighted by molar-refractivity contribution is 5.94. The summed E-state index contributed by atoms with van der Waals surface area (Å²) in [6.45, 7) is 5.63. The molecular formula is C11H17N5O4. The van der Waals surface area contributed by atoms with Gasteiger partial charge < -0.3 is 16.2 Å². The number of primary amides is 1. The average molecular weight is 283 g/mol. The molecule has 0 saturated carbocycles. The van der Waals surface area contributed by atoms with Crippen LogP contribution >= 0.6 is 0 Å². The second-order valence-electron chi connectivity index (χ2n) is 5.29. The summed E-state index contributed by atoms with van der Waals surface area (Å²) < 4.78 is 0. The van der Waals surface area contributed by atoms with E-state index in [1.165, 1.54) is 0 Å². The Hall–Kier alpha value is -2.45. The minimum atomic E-state index is -1.41. The first-order valence-electron chi connectivity index (χ1n) is 5.86. The van der Waals surface area contributed by atoms with Gasteiger partial charge in [0.1, 0.15) is 11.9 Å². The molecule has 1 rings (SSSR count). The second kappa shape index (κ2) is 5.68. The molecule has 0 bridgehead atoms. The number of carbonyl (C=O) groups excluding carboxylic acids is 2. The highest BCUT2D eigenvalue weighted by Gasteiger charge is 2.26. The maximum absolute atomic E-state index is 11.8. The van der Waals surface area contributed by atoms with E-state index in [9.17, 15) is 14.4 Å². The van der Waals surface area contributed by atoms with E-state index in [0.29, 0.717) is 5.82 Å². The molecule has 2 amide bonds. The smallest absolute Gasteiger partial charge is 0.326 e. The molecule has 20 heavy (non-hydrogen) atoms. The quantitative estimate of drug-likeness (QED) is 0.553. The summed E-state index contributed by atoms with van der Waals surface area (Å²) in [4.78, 5) is 37.4. The van der Waals surface area contributed by atoms with Crippen molar-refractivity contribution in [1.29, 1.82) is 0 Å². The maximum Gasteiger partial charge on any atom is 0.326 e. The molecule has 1 aromatic rings. The molecule has 9 nitrogen and oxygen atoms in total. The maximum atomic E-state index is 11.8. The van der Waals surface area contributed by atoms with Crippen LogP contribution in [0, 0.1) is 0 Å². The molecule has 1 atom stereocenters. The van der Waals surface area contributed by atoms with Crippen molar-refractivity contribution in [3.63, 3.8) is 0 Å². The SMILES string of the molecule is CC(C)(C)c1nc(C(=O)N[C@@H](CC(N)=O)C(=O)O)n[nH]1. The fourth-order valence-electron chi connectivity index (χ4n) is 1.32. The number of nitrogens with two attached hydrogens (primary N) is 1. The minimum absolute atomic E-state index is 0.189. The monoisotopic (exact) mass is 283 g/mol. The van der Waals surface area contributed by atoms with Crippen molar-refractivity contribution in [3.05, 3.63) is 11.6 Å². The standard InChI is InChI=1S/C11H17N5O4/c1-11(2,3)10-14-7(15-16-10)8(18)13-5(9(19)20)4-6(12)17/h5H,4H2,1-3H3,(H2,12,17)(H,13,18)(H,19,20)(H,14,15,16)/t5-/m0/s1. The number of amides is 2. The third kappa shape index (κ3) is 4.04. The van der Waals surface area contributed by atoms with Gasteiger partial charge in [-0.05, 0) is 0 Å². The van der Waals surface area contributed by atoms with Crippen LogP contribution in [-0.4, -0.2) is 44.1 Å². The van der Waals surface area contributed by atoms with Gasteiger partial charge in [0.2, 0.25) is 11.7 Å². The molecule has 5 N–H and O–H groups in total. The van der Waals surface area contributed by atoms with Crippen LogP contribution < -0.4 is 11.1 Å². The van der Waals surface area contributed by atoms with Gasteiger partial charge in [0.25, 0.3) is 5.91 Å². The Balaban J connectivity index is 2.82. The van der Waals surface area contributed by atoms with Crippen LogP contribution in [0.2, 0.25) is 0 Å². The summed E-state index contributed by atoms with van der Waals surface area (Å²) in [7, 11) is 0. The van der Waals surface area contributed by atoms with Gasteiger partial charge in [-0.2, -0.15) is 0 Å². The fraction of sp³-hybridized carbons (Fsp3) is 0.545. The number of carboxylic acids is 1. The molecule has 0 aliphatic carbocycles. The van der Waals surface area contributed by atoms with Crippen molar-refractivity contribution in [2.24, 2.45) is 5.73 Å². The lowest BCUT2D eigenvalue weighted by atomic mass is 9.96. The first-order valence-corrected chi connectivity index (χ1v) is 5.86. The Morgan fingerprint density at radius 2 is 2.00 bits per heavy atom. The number of nitrogens with one attached hydrogen (secondary N) is 2. The number of aromatic nitrogens is 3. The molecule has 9 heteroatoms. The molecule has 0 aliphatic rings. The predicted molar refractivity (Wildman–Crippen MR) is 67.8 cm³/mol. The summed E-state index contributed by atoms with van der Waals surface area (Å²) in [5, 5.41) is 17.4. The van der Waals surface area contributed by atoms with E-state index in [-0.39, 0.29) is 11.2 Å². The number of carboxylic acid groups (broad SMARTS) is 1. The molecule has 0 saturated heterocycles. The zero-order valence-corrected chi connectivity index (χ0v) is 11.4. The zero-order valence-electron chi connectivity index (χ0n) is 11.4. The number of rotatable bonds is 5. The van der Waals surface area contributed by atoms with E-state index < -0.39 is 30.2 Å². The largest absolute Gasteiger partial charge is 0.480 e. The summed E-state index contributed by atoms with van der Waals surface area (Å²) in [5.74, 6) is -2.67. The number of nitrogens with zero attached hydrogens (tertiary/aromatic N) is 2. The third-order valence-corrected chi connectivity index (χ3v) is 2.41. The first kappa shape index (κ1) is 15.6. The Morgan fingerprint density at radius 1 is 1.40 bits per heavy atom. The van der Waals surface area contributed by atoms with E-state index in [1.807, 2.05) is 20.8 Å². The molecule has 0 aromatic carbocycles. The van der Waals surface area contributed by atoms with Gasteiger partial charge in [-0.3, -0.25) is 14.7 Å². The van der Waals surface area contributed by atoms with Crippen LogP contribution in [0.3, 0.4) is 0 Å². The van der Waals surface area contributed by atoms with Gasteiger partial charge in [0, 0.05) is 5.41 Å². The molecule has 0 spiro atoms. The van der Waals surface area contributed by atoms with Crippen LogP contribution in [0.15, 0.2) is 0 Å². The van der Waals surface area contributed by atoms with Gasteiger partial charge in [-0.25, -0.2) is 9.78 Å². The summed E-state index contributed by atoms with van der Waals surface area (Å²) in [5.41, 5.74) is 4.59. The first-order chi connectivity index (χ1) is 9.11. The third-order valence-electron chi connectivity index (χ3n) is 2.41. The molecule has 110 valence electrons. The zero-order chi connectivity index (χ0) is 15.5. The van der Waals surface area contributed by atoms with E-state index in [1.54, 1.807) is 0 Å². The van der Waals surface area contributed by atoms with Crippen molar-refractivity contribution >= 4 is 17.8 Å². The van der Waals surface area contributed by atoms with E-state index in [0.717, 1.165) is 0 Å².